The van der Waals surface area contributed by atoms with Crippen molar-refractivity contribution in [1.29, 1.82) is 0 Å². The second kappa shape index (κ2) is 7.63. The zero-order chi connectivity index (χ0) is 12.8. The van der Waals surface area contributed by atoms with Crippen molar-refractivity contribution in [2.45, 2.75) is 38.6 Å². The van der Waals surface area contributed by atoms with Gasteiger partial charge in [0.25, 0.3) is 0 Å². The van der Waals surface area contributed by atoms with Gasteiger partial charge in [0.1, 0.15) is 0 Å². The highest BCUT2D eigenvalue weighted by Crippen LogP contribution is 2.25. The standard InChI is InChI=1S/C14H22BrNOS/c1-2-5-16-14(11-4-3-6-17-9-11)8-13-7-12(15)10-18-13/h7,10-11,14,16H,2-6,8-9H2,1H3. The van der Waals surface area contributed by atoms with Crippen molar-refractivity contribution in [3.05, 3.63) is 20.8 Å². The van der Waals surface area contributed by atoms with Crippen molar-refractivity contribution in [2.24, 2.45) is 5.92 Å². The Bertz CT molecular complexity index is 349. The molecule has 1 fully saturated rings. The van der Waals surface area contributed by atoms with Crippen LogP contribution in [0.5, 0.6) is 0 Å². The monoisotopic (exact) mass is 331 g/mol. The zero-order valence-corrected chi connectivity index (χ0v) is 13.4. The van der Waals surface area contributed by atoms with E-state index in [4.69, 9.17) is 4.74 Å². The van der Waals surface area contributed by atoms with E-state index in [1.165, 1.54) is 28.6 Å². The van der Waals surface area contributed by atoms with Gasteiger partial charge in [0.2, 0.25) is 0 Å². The van der Waals surface area contributed by atoms with Gasteiger partial charge in [0.05, 0.1) is 6.61 Å². The van der Waals surface area contributed by atoms with Gasteiger partial charge < -0.3 is 10.1 Å². The van der Waals surface area contributed by atoms with Crippen LogP contribution in [0.2, 0.25) is 0 Å². The molecule has 0 bridgehead atoms. The first-order valence-electron chi connectivity index (χ1n) is 6.83. The van der Waals surface area contributed by atoms with Crippen LogP contribution in [0.3, 0.4) is 0 Å². The van der Waals surface area contributed by atoms with Crippen LogP contribution in [0.1, 0.15) is 31.1 Å². The average molecular weight is 332 g/mol. The number of halogens is 1. The molecule has 2 rings (SSSR count). The van der Waals surface area contributed by atoms with Crippen LogP contribution in [0.4, 0.5) is 0 Å². The van der Waals surface area contributed by atoms with Crippen LogP contribution >= 0.6 is 27.3 Å². The summed E-state index contributed by atoms with van der Waals surface area (Å²) in [6, 6.07) is 2.81. The smallest absolute Gasteiger partial charge is 0.0509 e. The summed E-state index contributed by atoms with van der Waals surface area (Å²) in [4.78, 5) is 1.46. The minimum absolute atomic E-state index is 0.566. The van der Waals surface area contributed by atoms with E-state index in [-0.39, 0.29) is 0 Å². The molecule has 18 heavy (non-hydrogen) atoms. The van der Waals surface area contributed by atoms with Crippen molar-refractivity contribution >= 4 is 27.3 Å². The summed E-state index contributed by atoms with van der Waals surface area (Å²) in [7, 11) is 0. The lowest BCUT2D eigenvalue weighted by Crippen LogP contribution is -2.42. The third-order valence-electron chi connectivity index (χ3n) is 3.46. The van der Waals surface area contributed by atoms with Gasteiger partial charge in [-0.05, 0) is 60.1 Å². The maximum atomic E-state index is 5.64. The minimum Gasteiger partial charge on any atom is -0.381 e. The summed E-state index contributed by atoms with van der Waals surface area (Å²) in [5.74, 6) is 0.672. The second-order valence-electron chi connectivity index (χ2n) is 4.97. The maximum Gasteiger partial charge on any atom is 0.0509 e. The van der Waals surface area contributed by atoms with E-state index in [0.29, 0.717) is 12.0 Å². The Balaban J connectivity index is 1.94. The number of ether oxygens (including phenoxy) is 1. The lowest BCUT2D eigenvalue weighted by molar-refractivity contribution is 0.0394. The Morgan fingerprint density at radius 2 is 2.50 bits per heavy atom. The fourth-order valence-electron chi connectivity index (χ4n) is 2.50. The van der Waals surface area contributed by atoms with E-state index in [0.717, 1.165) is 26.2 Å². The quantitative estimate of drug-likeness (QED) is 0.854. The predicted molar refractivity (Wildman–Crippen MR) is 81.3 cm³/mol. The van der Waals surface area contributed by atoms with Gasteiger partial charge in [-0.3, -0.25) is 0 Å². The van der Waals surface area contributed by atoms with Crippen molar-refractivity contribution in [2.75, 3.05) is 19.8 Å². The first-order valence-corrected chi connectivity index (χ1v) is 8.51. The molecular formula is C14H22BrNOS. The third-order valence-corrected chi connectivity index (χ3v) is 5.18. The Hall–Kier alpha value is 0.1000. The van der Waals surface area contributed by atoms with Crippen LogP contribution in [0.25, 0.3) is 0 Å². The Morgan fingerprint density at radius 1 is 1.61 bits per heavy atom. The summed E-state index contributed by atoms with van der Waals surface area (Å²) in [5, 5.41) is 5.88. The summed E-state index contributed by atoms with van der Waals surface area (Å²) in [6.07, 6.45) is 4.83. The van der Waals surface area contributed by atoms with Crippen molar-refractivity contribution in [1.82, 2.24) is 5.32 Å². The Kier molecular flexibility index (Phi) is 6.15. The third kappa shape index (κ3) is 4.34. The van der Waals surface area contributed by atoms with Gasteiger partial charge in [0, 0.05) is 27.4 Å². The molecule has 0 amide bonds. The summed E-state index contributed by atoms with van der Waals surface area (Å²) < 4.78 is 6.85. The first kappa shape index (κ1) is 14.5. The van der Waals surface area contributed by atoms with Crippen molar-refractivity contribution in [3.8, 4) is 0 Å². The highest BCUT2D eigenvalue weighted by Gasteiger charge is 2.24. The normalized spacial score (nSPS) is 22.0. The Morgan fingerprint density at radius 3 is 3.11 bits per heavy atom. The Labute approximate surface area is 122 Å². The molecule has 0 spiro atoms. The second-order valence-corrected chi connectivity index (χ2v) is 6.88. The molecule has 1 aliphatic rings. The fourth-order valence-corrected chi connectivity index (χ4v) is 4.01. The van der Waals surface area contributed by atoms with E-state index in [9.17, 15) is 0 Å². The lowest BCUT2D eigenvalue weighted by Gasteiger charge is -2.31. The number of rotatable bonds is 6. The van der Waals surface area contributed by atoms with Gasteiger partial charge in [-0.2, -0.15) is 0 Å². The molecule has 0 aromatic carbocycles. The number of hydrogen-bond donors (Lipinski definition) is 1. The molecule has 2 heterocycles. The first-order chi connectivity index (χ1) is 8.79. The molecule has 1 N–H and O–H groups in total. The molecule has 2 nitrogen and oxygen atoms in total. The SMILES string of the molecule is CCCNC(Cc1cc(Br)cs1)C1CCCOC1. The van der Waals surface area contributed by atoms with E-state index >= 15 is 0 Å². The van der Waals surface area contributed by atoms with Crippen LogP contribution < -0.4 is 5.32 Å². The van der Waals surface area contributed by atoms with Gasteiger partial charge in [-0.1, -0.05) is 6.92 Å². The summed E-state index contributed by atoms with van der Waals surface area (Å²) in [5.41, 5.74) is 0. The van der Waals surface area contributed by atoms with E-state index < -0.39 is 0 Å². The van der Waals surface area contributed by atoms with E-state index in [2.05, 4.69) is 39.6 Å². The van der Waals surface area contributed by atoms with E-state index in [1.54, 1.807) is 0 Å². The van der Waals surface area contributed by atoms with E-state index in [1.807, 2.05) is 11.3 Å². The molecule has 0 saturated carbocycles. The summed E-state index contributed by atoms with van der Waals surface area (Å²) in [6.45, 7) is 5.20. The molecule has 2 unspecified atom stereocenters. The number of hydrogen-bond acceptors (Lipinski definition) is 3. The molecule has 4 heteroatoms. The topological polar surface area (TPSA) is 21.3 Å². The maximum absolute atomic E-state index is 5.64. The lowest BCUT2D eigenvalue weighted by atomic mass is 9.91. The van der Waals surface area contributed by atoms with Gasteiger partial charge in [0.15, 0.2) is 0 Å². The highest BCUT2D eigenvalue weighted by atomic mass is 79.9. The van der Waals surface area contributed by atoms with Crippen LogP contribution in [-0.4, -0.2) is 25.8 Å². The molecule has 2 atom stereocenters. The van der Waals surface area contributed by atoms with Gasteiger partial charge in [-0.25, -0.2) is 0 Å². The highest BCUT2D eigenvalue weighted by molar-refractivity contribution is 9.10. The molecule has 1 saturated heterocycles. The van der Waals surface area contributed by atoms with Crippen LogP contribution in [0.15, 0.2) is 15.9 Å². The van der Waals surface area contributed by atoms with Gasteiger partial charge >= 0.3 is 0 Å². The largest absolute Gasteiger partial charge is 0.381 e. The predicted octanol–water partition coefficient (Wildman–Crippen LogP) is 3.85. The number of thiophene rings is 1. The minimum atomic E-state index is 0.566. The molecule has 1 aromatic heterocycles. The zero-order valence-electron chi connectivity index (χ0n) is 11.0. The molecule has 0 aliphatic carbocycles. The van der Waals surface area contributed by atoms with Crippen molar-refractivity contribution in [3.63, 3.8) is 0 Å². The molecule has 0 radical (unpaired) electrons. The number of nitrogens with one attached hydrogen (secondary N) is 1. The average Bonchev–Trinajstić information content (AvgIpc) is 2.81. The molecule has 102 valence electrons. The molecule has 1 aromatic rings. The van der Waals surface area contributed by atoms with Crippen LogP contribution in [-0.2, 0) is 11.2 Å². The molecule has 1 aliphatic heterocycles. The van der Waals surface area contributed by atoms with Gasteiger partial charge in [-0.15, -0.1) is 11.3 Å². The van der Waals surface area contributed by atoms with Crippen LogP contribution in [0, 0.1) is 5.92 Å². The summed E-state index contributed by atoms with van der Waals surface area (Å²) >= 11 is 5.38. The fraction of sp³-hybridized carbons (Fsp3) is 0.714. The molecular weight excluding hydrogens is 310 g/mol. The van der Waals surface area contributed by atoms with Crippen molar-refractivity contribution < 1.29 is 4.74 Å².